The van der Waals surface area contributed by atoms with E-state index < -0.39 is 0 Å². The van der Waals surface area contributed by atoms with Crippen molar-refractivity contribution in [1.29, 1.82) is 0 Å². The van der Waals surface area contributed by atoms with Gasteiger partial charge in [0.15, 0.2) is 0 Å². The molecule has 0 aromatic carbocycles. The zero-order valence-corrected chi connectivity index (χ0v) is 10.6. The van der Waals surface area contributed by atoms with Crippen LogP contribution in [0.1, 0.15) is 51.1 Å². The van der Waals surface area contributed by atoms with E-state index in [1.807, 2.05) is 0 Å². The summed E-state index contributed by atoms with van der Waals surface area (Å²) in [5.41, 5.74) is 6.97. The SMILES string of the molecule is CCCCCCCCn1cccc1CCN. The predicted octanol–water partition coefficient (Wildman–Crippen LogP) is 3.35. The standard InChI is InChI=1S/C14H26N2/c1-2-3-4-5-6-7-12-16-13-8-9-14(16)10-11-15/h8-9,13H,2-7,10-12,15H2,1H3. The smallest absolute Gasteiger partial charge is 0.0222 e. The monoisotopic (exact) mass is 222 g/mol. The zero-order valence-electron chi connectivity index (χ0n) is 10.6. The van der Waals surface area contributed by atoms with Crippen LogP contribution in [0.3, 0.4) is 0 Å². The number of hydrogen-bond donors (Lipinski definition) is 1. The molecule has 2 nitrogen and oxygen atoms in total. The van der Waals surface area contributed by atoms with Crippen molar-refractivity contribution in [1.82, 2.24) is 4.57 Å². The van der Waals surface area contributed by atoms with Crippen molar-refractivity contribution in [3.63, 3.8) is 0 Å². The van der Waals surface area contributed by atoms with Crippen molar-refractivity contribution in [2.75, 3.05) is 6.54 Å². The molecule has 0 saturated heterocycles. The molecule has 1 heterocycles. The molecule has 0 aliphatic carbocycles. The average molecular weight is 222 g/mol. The lowest BCUT2D eigenvalue weighted by molar-refractivity contribution is 0.549. The van der Waals surface area contributed by atoms with Gasteiger partial charge in [-0.15, -0.1) is 0 Å². The lowest BCUT2D eigenvalue weighted by atomic mass is 10.1. The molecule has 0 fully saturated rings. The van der Waals surface area contributed by atoms with Gasteiger partial charge in [-0.2, -0.15) is 0 Å². The highest BCUT2D eigenvalue weighted by molar-refractivity contribution is 5.07. The summed E-state index contributed by atoms with van der Waals surface area (Å²) in [6, 6.07) is 4.31. The quantitative estimate of drug-likeness (QED) is 0.638. The van der Waals surface area contributed by atoms with Crippen LogP contribution in [0, 0.1) is 0 Å². The summed E-state index contributed by atoms with van der Waals surface area (Å²) in [5.74, 6) is 0. The number of nitrogens with zero attached hydrogens (tertiary/aromatic N) is 1. The van der Waals surface area contributed by atoms with Crippen molar-refractivity contribution in [3.8, 4) is 0 Å². The fourth-order valence-corrected chi connectivity index (χ4v) is 2.10. The lowest BCUT2D eigenvalue weighted by Crippen LogP contribution is -2.08. The van der Waals surface area contributed by atoms with Gasteiger partial charge >= 0.3 is 0 Å². The van der Waals surface area contributed by atoms with E-state index in [1.165, 1.54) is 44.2 Å². The third-order valence-corrected chi connectivity index (χ3v) is 3.08. The van der Waals surface area contributed by atoms with E-state index in [4.69, 9.17) is 5.73 Å². The van der Waals surface area contributed by atoms with E-state index in [0.717, 1.165) is 19.5 Å². The Labute approximate surface area is 99.8 Å². The molecule has 0 aliphatic heterocycles. The molecule has 0 spiro atoms. The van der Waals surface area contributed by atoms with Crippen molar-refractivity contribution < 1.29 is 0 Å². The van der Waals surface area contributed by atoms with E-state index in [2.05, 4.69) is 29.8 Å². The van der Waals surface area contributed by atoms with Crippen molar-refractivity contribution >= 4 is 0 Å². The van der Waals surface area contributed by atoms with Gasteiger partial charge in [-0.25, -0.2) is 0 Å². The van der Waals surface area contributed by atoms with Gasteiger partial charge in [0.25, 0.3) is 0 Å². The van der Waals surface area contributed by atoms with Crippen LogP contribution in [-0.2, 0) is 13.0 Å². The van der Waals surface area contributed by atoms with Crippen LogP contribution < -0.4 is 5.73 Å². The molecule has 0 radical (unpaired) electrons. The highest BCUT2D eigenvalue weighted by Crippen LogP contribution is 2.09. The molecule has 16 heavy (non-hydrogen) atoms. The Morgan fingerprint density at radius 3 is 2.62 bits per heavy atom. The number of rotatable bonds is 9. The van der Waals surface area contributed by atoms with Gasteiger partial charge in [0.1, 0.15) is 0 Å². The fourth-order valence-electron chi connectivity index (χ4n) is 2.10. The summed E-state index contributed by atoms with van der Waals surface area (Å²) >= 11 is 0. The summed E-state index contributed by atoms with van der Waals surface area (Å²) in [4.78, 5) is 0. The molecule has 0 saturated carbocycles. The van der Waals surface area contributed by atoms with Crippen LogP contribution >= 0.6 is 0 Å². The molecular formula is C14H26N2. The first kappa shape index (κ1) is 13.3. The maximum atomic E-state index is 5.58. The normalized spacial score (nSPS) is 10.9. The summed E-state index contributed by atoms with van der Waals surface area (Å²) in [6.07, 6.45) is 11.4. The predicted molar refractivity (Wildman–Crippen MR) is 70.6 cm³/mol. The summed E-state index contributed by atoms with van der Waals surface area (Å²) in [5, 5.41) is 0. The minimum atomic E-state index is 0.751. The Kier molecular flexibility index (Phi) is 6.98. The van der Waals surface area contributed by atoms with Gasteiger partial charge in [0.2, 0.25) is 0 Å². The van der Waals surface area contributed by atoms with Crippen LogP contribution in [0.15, 0.2) is 18.3 Å². The fraction of sp³-hybridized carbons (Fsp3) is 0.714. The lowest BCUT2D eigenvalue weighted by Gasteiger charge is -2.08. The van der Waals surface area contributed by atoms with Gasteiger partial charge in [-0.05, 0) is 31.5 Å². The third-order valence-electron chi connectivity index (χ3n) is 3.08. The molecule has 1 aromatic rings. The van der Waals surface area contributed by atoms with E-state index >= 15 is 0 Å². The van der Waals surface area contributed by atoms with Crippen LogP contribution in [0.2, 0.25) is 0 Å². The topological polar surface area (TPSA) is 30.9 Å². The minimum Gasteiger partial charge on any atom is -0.351 e. The molecule has 2 heteroatoms. The van der Waals surface area contributed by atoms with Gasteiger partial charge in [0, 0.05) is 18.4 Å². The van der Waals surface area contributed by atoms with Crippen molar-refractivity contribution in [2.45, 2.75) is 58.4 Å². The molecular weight excluding hydrogens is 196 g/mol. The second kappa shape index (κ2) is 8.40. The number of nitrogens with two attached hydrogens (primary N) is 1. The van der Waals surface area contributed by atoms with E-state index in [1.54, 1.807) is 0 Å². The maximum absolute atomic E-state index is 5.58. The Hall–Kier alpha value is -0.760. The number of hydrogen-bond acceptors (Lipinski definition) is 1. The second-order valence-corrected chi connectivity index (χ2v) is 4.50. The molecule has 0 unspecified atom stereocenters. The minimum absolute atomic E-state index is 0.751. The van der Waals surface area contributed by atoms with Crippen LogP contribution in [0.4, 0.5) is 0 Å². The molecule has 0 amide bonds. The maximum Gasteiger partial charge on any atom is 0.0222 e. The summed E-state index contributed by atoms with van der Waals surface area (Å²) in [7, 11) is 0. The molecule has 2 N–H and O–H groups in total. The molecule has 0 bridgehead atoms. The first-order valence-electron chi connectivity index (χ1n) is 6.72. The Balaban J connectivity index is 2.13. The Morgan fingerprint density at radius 1 is 1.12 bits per heavy atom. The summed E-state index contributed by atoms with van der Waals surface area (Å²) in [6.45, 7) is 4.17. The van der Waals surface area contributed by atoms with Gasteiger partial charge in [0.05, 0.1) is 0 Å². The average Bonchev–Trinajstić information content (AvgIpc) is 2.72. The number of unbranched alkanes of at least 4 members (excludes halogenated alkanes) is 5. The van der Waals surface area contributed by atoms with Crippen LogP contribution in [0.5, 0.6) is 0 Å². The van der Waals surface area contributed by atoms with Gasteiger partial charge < -0.3 is 10.3 Å². The highest BCUT2D eigenvalue weighted by atomic mass is 15.0. The molecule has 0 atom stereocenters. The second-order valence-electron chi connectivity index (χ2n) is 4.50. The van der Waals surface area contributed by atoms with E-state index in [-0.39, 0.29) is 0 Å². The van der Waals surface area contributed by atoms with Crippen molar-refractivity contribution in [3.05, 3.63) is 24.0 Å². The first-order chi connectivity index (χ1) is 7.88. The summed E-state index contributed by atoms with van der Waals surface area (Å²) < 4.78 is 2.35. The van der Waals surface area contributed by atoms with Crippen molar-refractivity contribution in [2.24, 2.45) is 5.73 Å². The zero-order chi connectivity index (χ0) is 11.6. The Bertz CT molecular complexity index is 265. The number of aromatic nitrogens is 1. The molecule has 92 valence electrons. The highest BCUT2D eigenvalue weighted by Gasteiger charge is 1.99. The number of aryl methyl sites for hydroxylation is 1. The third kappa shape index (κ3) is 4.84. The van der Waals surface area contributed by atoms with Gasteiger partial charge in [-0.3, -0.25) is 0 Å². The molecule has 1 rings (SSSR count). The molecule has 1 aromatic heterocycles. The van der Waals surface area contributed by atoms with Crippen LogP contribution in [-0.4, -0.2) is 11.1 Å². The van der Waals surface area contributed by atoms with E-state index in [9.17, 15) is 0 Å². The largest absolute Gasteiger partial charge is 0.351 e. The molecule has 0 aliphatic rings. The first-order valence-corrected chi connectivity index (χ1v) is 6.72. The van der Waals surface area contributed by atoms with Crippen LogP contribution in [0.25, 0.3) is 0 Å². The van der Waals surface area contributed by atoms with E-state index in [0.29, 0.717) is 0 Å². The van der Waals surface area contributed by atoms with Gasteiger partial charge in [-0.1, -0.05) is 39.0 Å². The Morgan fingerprint density at radius 2 is 1.88 bits per heavy atom.